The van der Waals surface area contributed by atoms with Gasteiger partial charge in [-0.25, -0.2) is 0 Å². The summed E-state index contributed by atoms with van der Waals surface area (Å²) in [6, 6.07) is 3.89. The number of carbonyl (C=O) groups excluding carboxylic acids is 1. The van der Waals surface area contributed by atoms with Crippen LogP contribution in [0, 0.1) is 0 Å². The van der Waals surface area contributed by atoms with E-state index in [4.69, 9.17) is 0 Å². The van der Waals surface area contributed by atoms with Crippen LogP contribution in [0.2, 0.25) is 0 Å². The summed E-state index contributed by atoms with van der Waals surface area (Å²) in [5, 5.41) is 38.2. The molecule has 0 aromatic heterocycles. The lowest BCUT2D eigenvalue weighted by atomic mass is 10.0. The van der Waals surface area contributed by atoms with Crippen molar-refractivity contribution in [2.45, 2.75) is 18.6 Å². The molecule has 0 heterocycles. The number of carbonyl (C=O) groups is 1. The molecule has 0 spiro atoms. The summed E-state index contributed by atoms with van der Waals surface area (Å²) in [5.74, 6) is -1.42. The van der Waals surface area contributed by atoms with Crippen molar-refractivity contribution in [1.29, 1.82) is 0 Å². The molecule has 17 heavy (non-hydrogen) atoms. The van der Waals surface area contributed by atoms with Crippen molar-refractivity contribution in [3.63, 3.8) is 0 Å². The molecule has 6 heteroatoms. The number of aliphatic hydroxyl groups is 2. The third-order valence-electron chi connectivity index (χ3n) is 2.32. The summed E-state index contributed by atoms with van der Waals surface area (Å²) in [7, 11) is 1.15. The van der Waals surface area contributed by atoms with E-state index in [0.717, 1.165) is 7.11 Å². The fraction of sp³-hybridized carbons (Fsp3) is 0.364. The van der Waals surface area contributed by atoms with Gasteiger partial charge in [0.15, 0.2) is 0 Å². The first-order valence-electron chi connectivity index (χ1n) is 4.91. The highest BCUT2D eigenvalue weighted by molar-refractivity contribution is 5.70. The summed E-state index contributed by atoms with van der Waals surface area (Å²) >= 11 is 0. The molecule has 1 aromatic carbocycles. The molecule has 0 radical (unpaired) electrons. The van der Waals surface area contributed by atoms with Crippen LogP contribution in [0.3, 0.4) is 0 Å². The number of esters is 1. The molecule has 0 bridgehead atoms. The Labute approximate surface area is 97.7 Å². The lowest BCUT2D eigenvalue weighted by molar-refractivity contribution is -0.144. The summed E-state index contributed by atoms with van der Waals surface area (Å²) in [4.78, 5) is 10.9. The molecule has 2 unspecified atom stereocenters. The molecule has 0 fully saturated rings. The van der Waals surface area contributed by atoms with Crippen LogP contribution in [-0.2, 0) is 9.53 Å². The normalized spacial score (nSPS) is 14.1. The van der Waals surface area contributed by atoms with Crippen molar-refractivity contribution in [2.24, 2.45) is 0 Å². The van der Waals surface area contributed by atoms with Crippen LogP contribution >= 0.6 is 0 Å². The van der Waals surface area contributed by atoms with Crippen LogP contribution in [0.5, 0.6) is 11.5 Å². The standard InChI is InChI=1S/C11H14O6/c1-17-9(15)5-8(14)11(16)10-6(12)3-2-4-7(10)13/h2-4,8,11-14,16H,5H2,1H3. The van der Waals surface area contributed by atoms with Gasteiger partial charge in [-0.1, -0.05) is 6.07 Å². The maximum atomic E-state index is 10.9. The zero-order valence-corrected chi connectivity index (χ0v) is 9.20. The van der Waals surface area contributed by atoms with E-state index in [1.54, 1.807) is 0 Å². The van der Waals surface area contributed by atoms with Gasteiger partial charge in [0.2, 0.25) is 0 Å². The van der Waals surface area contributed by atoms with Gasteiger partial charge in [-0.05, 0) is 12.1 Å². The molecule has 2 atom stereocenters. The first-order chi connectivity index (χ1) is 7.97. The van der Waals surface area contributed by atoms with E-state index in [1.807, 2.05) is 0 Å². The van der Waals surface area contributed by atoms with Crippen molar-refractivity contribution < 1.29 is 30.0 Å². The number of aromatic hydroxyl groups is 2. The Bertz CT molecular complexity index is 383. The quantitative estimate of drug-likeness (QED) is 0.556. The lowest BCUT2D eigenvalue weighted by Crippen LogP contribution is -2.22. The minimum Gasteiger partial charge on any atom is -0.507 e. The van der Waals surface area contributed by atoms with Crippen LogP contribution in [0.1, 0.15) is 18.1 Å². The molecular formula is C11H14O6. The molecule has 0 amide bonds. The summed E-state index contributed by atoms with van der Waals surface area (Å²) in [6.07, 6.45) is -3.48. The molecule has 94 valence electrons. The summed E-state index contributed by atoms with van der Waals surface area (Å²) < 4.78 is 4.33. The zero-order valence-electron chi connectivity index (χ0n) is 9.20. The van der Waals surface area contributed by atoms with Gasteiger partial charge in [0, 0.05) is 0 Å². The Kier molecular flexibility index (Phi) is 4.30. The molecule has 0 aliphatic rings. The van der Waals surface area contributed by atoms with Crippen LogP contribution < -0.4 is 0 Å². The summed E-state index contributed by atoms with van der Waals surface area (Å²) in [6.45, 7) is 0. The second-order valence-electron chi connectivity index (χ2n) is 3.50. The fourth-order valence-corrected chi connectivity index (χ4v) is 1.40. The molecule has 0 saturated carbocycles. The number of ether oxygens (including phenoxy) is 1. The van der Waals surface area contributed by atoms with Crippen LogP contribution in [0.25, 0.3) is 0 Å². The van der Waals surface area contributed by atoms with Crippen molar-refractivity contribution >= 4 is 5.97 Å². The van der Waals surface area contributed by atoms with Crippen molar-refractivity contribution in [2.75, 3.05) is 7.11 Å². The van der Waals surface area contributed by atoms with E-state index in [1.165, 1.54) is 18.2 Å². The Morgan fingerprint density at radius 2 is 1.82 bits per heavy atom. The number of phenols is 2. The maximum Gasteiger partial charge on any atom is 0.308 e. The molecule has 0 saturated heterocycles. The van der Waals surface area contributed by atoms with Gasteiger partial charge >= 0.3 is 5.97 Å². The number of hydrogen-bond donors (Lipinski definition) is 4. The average molecular weight is 242 g/mol. The lowest BCUT2D eigenvalue weighted by Gasteiger charge is -2.18. The van der Waals surface area contributed by atoms with Gasteiger partial charge < -0.3 is 25.2 Å². The van der Waals surface area contributed by atoms with Gasteiger partial charge in [-0.15, -0.1) is 0 Å². The minimum absolute atomic E-state index is 0.219. The van der Waals surface area contributed by atoms with E-state index < -0.39 is 24.6 Å². The molecular weight excluding hydrogens is 228 g/mol. The minimum atomic E-state index is -1.57. The molecule has 1 rings (SSSR count). The number of phenolic OH excluding ortho intramolecular Hbond substituents is 2. The second kappa shape index (κ2) is 5.51. The molecule has 0 aliphatic heterocycles. The van der Waals surface area contributed by atoms with Gasteiger partial charge in [-0.2, -0.15) is 0 Å². The van der Waals surface area contributed by atoms with E-state index in [-0.39, 0.29) is 17.1 Å². The highest BCUT2D eigenvalue weighted by Crippen LogP contribution is 2.34. The third kappa shape index (κ3) is 3.08. The Hall–Kier alpha value is -1.79. The van der Waals surface area contributed by atoms with E-state index in [2.05, 4.69) is 4.74 Å². The number of rotatable bonds is 4. The smallest absolute Gasteiger partial charge is 0.308 e. The van der Waals surface area contributed by atoms with Gasteiger partial charge in [0.25, 0.3) is 0 Å². The van der Waals surface area contributed by atoms with Crippen molar-refractivity contribution in [1.82, 2.24) is 0 Å². The molecule has 6 nitrogen and oxygen atoms in total. The first kappa shape index (κ1) is 13.3. The van der Waals surface area contributed by atoms with Gasteiger partial charge in [-0.3, -0.25) is 4.79 Å². The fourth-order valence-electron chi connectivity index (χ4n) is 1.40. The van der Waals surface area contributed by atoms with Crippen LogP contribution in [-0.4, -0.2) is 39.6 Å². The van der Waals surface area contributed by atoms with Crippen LogP contribution in [0.4, 0.5) is 0 Å². The Morgan fingerprint density at radius 1 is 1.29 bits per heavy atom. The number of methoxy groups -OCH3 is 1. The predicted octanol–water partition coefficient (Wildman–Crippen LogP) is 0.0552. The predicted molar refractivity (Wildman–Crippen MR) is 57.4 cm³/mol. The zero-order chi connectivity index (χ0) is 13.0. The average Bonchev–Trinajstić information content (AvgIpc) is 2.28. The molecule has 0 aliphatic carbocycles. The monoisotopic (exact) mass is 242 g/mol. The van der Waals surface area contributed by atoms with E-state index >= 15 is 0 Å². The number of hydrogen-bond acceptors (Lipinski definition) is 6. The topological polar surface area (TPSA) is 107 Å². The van der Waals surface area contributed by atoms with E-state index in [0.29, 0.717) is 0 Å². The number of aliphatic hydroxyl groups excluding tert-OH is 2. The van der Waals surface area contributed by atoms with Gasteiger partial charge in [0.1, 0.15) is 17.6 Å². The third-order valence-corrected chi connectivity index (χ3v) is 2.32. The van der Waals surface area contributed by atoms with Crippen molar-refractivity contribution in [3.05, 3.63) is 23.8 Å². The highest BCUT2D eigenvalue weighted by Gasteiger charge is 2.26. The maximum absolute atomic E-state index is 10.9. The van der Waals surface area contributed by atoms with Crippen molar-refractivity contribution in [3.8, 4) is 11.5 Å². The van der Waals surface area contributed by atoms with E-state index in [9.17, 15) is 25.2 Å². The van der Waals surface area contributed by atoms with Gasteiger partial charge in [0.05, 0.1) is 25.2 Å². The number of benzene rings is 1. The molecule has 1 aromatic rings. The van der Waals surface area contributed by atoms with Crippen LogP contribution in [0.15, 0.2) is 18.2 Å². The second-order valence-corrected chi connectivity index (χ2v) is 3.50. The Balaban J connectivity index is 2.88. The summed E-state index contributed by atoms with van der Waals surface area (Å²) in [5.41, 5.74) is -0.219. The first-order valence-corrected chi connectivity index (χ1v) is 4.91. The Morgan fingerprint density at radius 3 is 2.29 bits per heavy atom. The highest BCUT2D eigenvalue weighted by atomic mass is 16.5. The largest absolute Gasteiger partial charge is 0.507 e. The SMILES string of the molecule is COC(=O)CC(O)C(O)c1c(O)cccc1O. The molecule has 4 N–H and O–H groups in total.